The molecule has 0 atom stereocenters. The Bertz CT molecular complexity index is 417. The van der Waals surface area contributed by atoms with E-state index in [1.165, 1.54) is 0 Å². The van der Waals surface area contributed by atoms with Crippen molar-refractivity contribution in [1.29, 1.82) is 0 Å². The summed E-state index contributed by atoms with van der Waals surface area (Å²) < 4.78 is 0. The first-order valence-electron chi connectivity index (χ1n) is 7.57. The fraction of sp³-hybridized carbons (Fsp3) is 0.800. The molecule has 0 aliphatic carbocycles. The van der Waals surface area contributed by atoms with Gasteiger partial charge in [0.05, 0.1) is 5.41 Å². The highest BCUT2D eigenvalue weighted by atomic mass is 127. The summed E-state index contributed by atoms with van der Waals surface area (Å²) in [5.74, 6) is 0.320. The fourth-order valence-corrected chi connectivity index (χ4v) is 1.67. The molecule has 0 aliphatic rings. The average Bonchev–Trinajstić information content (AvgIpc) is 2.39. The monoisotopic (exact) mass is 441 g/mol. The predicted molar refractivity (Wildman–Crippen MR) is 105 cm³/mol. The fourth-order valence-electron chi connectivity index (χ4n) is 1.67. The van der Waals surface area contributed by atoms with Crippen molar-refractivity contribution in [2.24, 2.45) is 10.4 Å². The molecule has 0 aliphatic heterocycles. The van der Waals surface area contributed by atoms with E-state index in [9.17, 15) is 9.59 Å². The Kier molecular flexibility index (Phi) is 11.2. The number of hydrogen-bond acceptors (Lipinski definition) is 3. The van der Waals surface area contributed by atoms with Gasteiger partial charge in [-0.1, -0.05) is 0 Å². The molecule has 7 nitrogen and oxygen atoms in total. The first kappa shape index (κ1) is 24.2. The molecule has 8 heteroatoms. The topological polar surface area (TPSA) is 94.6 Å². The summed E-state index contributed by atoms with van der Waals surface area (Å²) in [6.07, 6.45) is 0. The third-order valence-electron chi connectivity index (χ3n) is 2.78. The van der Waals surface area contributed by atoms with Gasteiger partial charge in [-0.2, -0.15) is 0 Å². The maximum absolute atomic E-state index is 11.8. The molecule has 2 amide bonds. The normalized spacial score (nSPS) is 12.0. The predicted octanol–water partition coefficient (Wildman–Crippen LogP) is 0.846. The van der Waals surface area contributed by atoms with Crippen LogP contribution in [0.4, 0.5) is 0 Å². The zero-order valence-electron chi connectivity index (χ0n) is 15.3. The van der Waals surface area contributed by atoms with Crippen LogP contribution in [0.15, 0.2) is 4.99 Å². The van der Waals surface area contributed by atoms with Gasteiger partial charge in [0, 0.05) is 25.7 Å². The SMILES string of the molecule is CCNC(=NCC(=O)NC(C)(C)C)NCC(C)(C)C(=O)NC.I. The molecule has 0 spiro atoms. The lowest BCUT2D eigenvalue weighted by Crippen LogP contribution is -2.48. The van der Waals surface area contributed by atoms with Crippen LogP contribution in [0.5, 0.6) is 0 Å². The third kappa shape index (κ3) is 11.2. The summed E-state index contributed by atoms with van der Waals surface area (Å²) in [7, 11) is 1.61. The van der Waals surface area contributed by atoms with E-state index in [-0.39, 0.29) is 47.9 Å². The number of guanidine groups is 1. The lowest BCUT2D eigenvalue weighted by atomic mass is 9.92. The molecule has 0 saturated carbocycles. The van der Waals surface area contributed by atoms with Gasteiger partial charge in [-0.3, -0.25) is 9.59 Å². The highest BCUT2D eigenvalue weighted by Crippen LogP contribution is 2.12. The molecular formula is C15H32IN5O2. The van der Waals surface area contributed by atoms with Crippen molar-refractivity contribution < 1.29 is 9.59 Å². The Morgan fingerprint density at radius 2 is 1.61 bits per heavy atom. The number of rotatable bonds is 6. The van der Waals surface area contributed by atoms with E-state index in [0.717, 1.165) is 0 Å². The summed E-state index contributed by atoms with van der Waals surface area (Å²) in [5, 5.41) is 11.6. The van der Waals surface area contributed by atoms with E-state index in [0.29, 0.717) is 19.0 Å². The third-order valence-corrected chi connectivity index (χ3v) is 2.78. The van der Waals surface area contributed by atoms with Gasteiger partial charge in [-0.05, 0) is 41.5 Å². The molecule has 0 unspecified atom stereocenters. The summed E-state index contributed by atoms with van der Waals surface area (Å²) in [6.45, 7) is 12.5. The van der Waals surface area contributed by atoms with Crippen LogP contribution in [-0.4, -0.2) is 50.0 Å². The molecule has 0 heterocycles. The van der Waals surface area contributed by atoms with Crippen LogP contribution >= 0.6 is 24.0 Å². The van der Waals surface area contributed by atoms with Crippen LogP contribution in [-0.2, 0) is 9.59 Å². The average molecular weight is 441 g/mol. The number of nitrogens with one attached hydrogen (secondary N) is 4. The minimum absolute atomic E-state index is 0. The van der Waals surface area contributed by atoms with Crippen molar-refractivity contribution in [3.63, 3.8) is 0 Å². The lowest BCUT2D eigenvalue weighted by molar-refractivity contribution is -0.128. The maximum atomic E-state index is 11.8. The second kappa shape index (κ2) is 10.7. The summed E-state index contributed by atoms with van der Waals surface area (Å²) in [4.78, 5) is 27.8. The van der Waals surface area contributed by atoms with Crippen LogP contribution < -0.4 is 21.3 Å². The largest absolute Gasteiger partial charge is 0.359 e. The number of aliphatic imine (C=N–C) groups is 1. The van der Waals surface area contributed by atoms with Gasteiger partial charge in [0.15, 0.2) is 5.96 Å². The smallest absolute Gasteiger partial charge is 0.242 e. The number of hydrogen-bond donors (Lipinski definition) is 4. The summed E-state index contributed by atoms with van der Waals surface area (Å²) in [6, 6.07) is 0. The Hall–Kier alpha value is -1.06. The molecule has 0 radical (unpaired) electrons. The number of halogens is 1. The first-order chi connectivity index (χ1) is 10.0. The standard InChI is InChI=1S/C15H31N5O2.HI/c1-8-17-13(18-9-11(21)20-14(2,3)4)19-10-15(5,6)12(22)16-7;/h8-10H2,1-7H3,(H,16,22)(H,20,21)(H2,17,18,19);1H. The molecule has 0 aromatic carbocycles. The van der Waals surface area contributed by atoms with Crippen molar-refractivity contribution >= 4 is 41.8 Å². The number of carbonyl (C=O) groups is 2. The highest BCUT2D eigenvalue weighted by Gasteiger charge is 2.26. The van der Waals surface area contributed by atoms with Crippen LogP contribution in [0.25, 0.3) is 0 Å². The summed E-state index contributed by atoms with van der Waals surface area (Å²) >= 11 is 0. The molecule has 0 fully saturated rings. The number of amides is 2. The first-order valence-corrected chi connectivity index (χ1v) is 7.57. The molecule has 0 aromatic heterocycles. The minimum atomic E-state index is -0.571. The Morgan fingerprint density at radius 1 is 1.04 bits per heavy atom. The van der Waals surface area contributed by atoms with Crippen LogP contribution in [0, 0.1) is 5.41 Å². The minimum Gasteiger partial charge on any atom is -0.359 e. The van der Waals surface area contributed by atoms with E-state index in [1.54, 1.807) is 7.05 Å². The second-order valence-corrected chi connectivity index (χ2v) is 6.81. The Labute approximate surface area is 156 Å². The van der Waals surface area contributed by atoms with Gasteiger partial charge in [-0.25, -0.2) is 4.99 Å². The Morgan fingerprint density at radius 3 is 2.04 bits per heavy atom. The van der Waals surface area contributed by atoms with E-state index in [2.05, 4.69) is 26.3 Å². The van der Waals surface area contributed by atoms with Gasteiger partial charge < -0.3 is 21.3 Å². The number of carbonyl (C=O) groups excluding carboxylic acids is 2. The van der Waals surface area contributed by atoms with Gasteiger partial charge in [0.1, 0.15) is 6.54 Å². The number of nitrogens with zero attached hydrogens (tertiary/aromatic N) is 1. The molecular weight excluding hydrogens is 409 g/mol. The van der Waals surface area contributed by atoms with Crippen LogP contribution in [0.3, 0.4) is 0 Å². The van der Waals surface area contributed by atoms with Crippen molar-refractivity contribution in [2.45, 2.75) is 47.1 Å². The molecule has 0 aromatic rings. The van der Waals surface area contributed by atoms with Crippen LogP contribution in [0.2, 0.25) is 0 Å². The zero-order valence-corrected chi connectivity index (χ0v) is 17.6. The van der Waals surface area contributed by atoms with Crippen molar-refractivity contribution in [3.8, 4) is 0 Å². The van der Waals surface area contributed by atoms with Crippen molar-refractivity contribution in [3.05, 3.63) is 0 Å². The second-order valence-electron chi connectivity index (χ2n) is 6.81. The lowest BCUT2D eigenvalue weighted by Gasteiger charge is -2.24. The van der Waals surface area contributed by atoms with E-state index < -0.39 is 5.41 Å². The quantitative estimate of drug-likeness (QED) is 0.279. The van der Waals surface area contributed by atoms with Gasteiger partial charge in [0.2, 0.25) is 11.8 Å². The van der Waals surface area contributed by atoms with Crippen molar-refractivity contribution in [2.75, 3.05) is 26.7 Å². The van der Waals surface area contributed by atoms with Crippen molar-refractivity contribution in [1.82, 2.24) is 21.3 Å². The van der Waals surface area contributed by atoms with E-state index >= 15 is 0 Å². The molecule has 4 N–H and O–H groups in total. The van der Waals surface area contributed by atoms with E-state index in [4.69, 9.17) is 0 Å². The Balaban J connectivity index is 0. The van der Waals surface area contributed by atoms with Gasteiger partial charge >= 0.3 is 0 Å². The van der Waals surface area contributed by atoms with Gasteiger partial charge in [-0.15, -0.1) is 24.0 Å². The molecule has 136 valence electrons. The highest BCUT2D eigenvalue weighted by molar-refractivity contribution is 14.0. The zero-order chi connectivity index (χ0) is 17.4. The molecule has 0 saturated heterocycles. The van der Waals surface area contributed by atoms with Crippen LogP contribution in [0.1, 0.15) is 41.5 Å². The van der Waals surface area contributed by atoms with Gasteiger partial charge in [0.25, 0.3) is 0 Å². The summed E-state index contributed by atoms with van der Waals surface area (Å²) in [5.41, 5.74) is -0.849. The molecule has 23 heavy (non-hydrogen) atoms. The molecule has 0 bridgehead atoms. The van der Waals surface area contributed by atoms with E-state index in [1.807, 2.05) is 41.5 Å². The molecule has 0 rings (SSSR count). The maximum Gasteiger partial charge on any atom is 0.242 e.